The lowest BCUT2D eigenvalue weighted by atomic mass is 10.0. The molecule has 0 radical (unpaired) electrons. The summed E-state index contributed by atoms with van der Waals surface area (Å²) in [5, 5.41) is 10.6. The van der Waals surface area contributed by atoms with E-state index in [0.29, 0.717) is 12.1 Å². The number of benzene rings is 2. The fourth-order valence-electron chi connectivity index (χ4n) is 2.97. The Hall–Kier alpha value is -3.30. The molecule has 1 amide bonds. The number of nitrogens with two attached hydrogens (primary N) is 1. The van der Waals surface area contributed by atoms with Gasteiger partial charge in [-0.05, 0) is 82.0 Å². The molecule has 0 aromatic heterocycles. The molecule has 2 aromatic rings. The number of hydrogen-bond acceptors (Lipinski definition) is 4. The second kappa shape index (κ2) is 11.0. The molecule has 0 saturated carbocycles. The van der Waals surface area contributed by atoms with Gasteiger partial charge in [-0.2, -0.15) is 0 Å². The Morgan fingerprint density at radius 2 is 1.80 bits per heavy atom. The third-order valence-electron chi connectivity index (χ3n) is 4.71. The Balaban J connectivity index is 1.92. The first-order valence-electron chi connectivity index (χ1n) is 9.96. The SMILES string of the molecule is Cc1cc(C#CCNc2ccc(C(=N)N)cc2)ccc1C(=O)N(C)CCCN(C)C. The van der Waals surface area contributed by atoms with Crippen LogP contribution in [0.4, 0.5) is 5.69 Å². The Bertz CT molecular complexity index is 938. The molecule has 0 saturated heterocycles. The van der Waals surface area contributed by atoms with Crippen molar-refractivity contribution in [1.29, 1.82) is 5.41 Å². The lowest BCUT2D eigenvalue weighted by molar-refractivity contribution is 0.0790. The number of anilines is 1. The quantitative estimate of drug-likeness (QED) is 0.358. The van der Waals surface area contributed by atoms with Gasteiger partial charge in [-0.1, -0.05) is 11.8 Å². The minimum absolute atomic E-state index is 0.0430. The van der Waals surface area contributed by atoms with Gasteiger partial charge in [0, 0.05) is 36.0 Å². The predicted molar refractivity (Wildman–Crippen MR) is 124 cm³/mol. The van der Waals surface area contributed by atoms with Crippen molar-refractivity contribution in [3.8, 4) is 11.8 Å². The average molecular weight is 406 g/mol. The summed E-state index contributed by atoms with van der Waals surface area (Å²) >= 11 is 0. The highest BCUT2D eigenvalue weighted by atomic mass is 16.2. The van der Waals surface area contributed by atoms with Gasteiger partial charge < -0.3 is 20.9 Å². The van der Waals surface area contributed by atoms with Gasteiger partial charge in [-0.25, -0.2) is 0 Å². The first-order chi connectivity index (χ1) is 14.3. The summed E-state index contributed by atoms with van der Waals surface area (Å²) in [6.07, 6.45) is 0.947. The van der Waals surface area contributed by atoms with E-state index < -0.39 is 0 Å². The van der Waals surface area contributed by atoms with Crippen LogP contribution in [0.1, 0.15) is 33.5 Å². The molecule has 0 heterocycles. The molecule has 0 fully saturated rings. The molecule has 0 atom stereocenters. The number of nitrogen functional groups attached to an aromatic ring is 1. The highest BCUT2D eigenvalue weighted by Gasteiger charge is 2.14. The highest BCUT2D eigenvalue weighted by molar-refractivity contribution is 5.96. The second-order valence-corrected chi connectivity index (χ2v) is 7.56. The topological polar surface area (TPSA) is 85.4 Å². The fourth-order valence-corrected chi connectivity index (χ4v) is 2.97. The van der Waals surface area contributed by atoms with Gasteiger partial charge in [-0.15, -0.1) is 0 Å². The van der Waals surface area contributed by atoms with Crippen molar-refractivity contribution in [3.05, 3.63) is 64.7 Å². The number of nitrogens with zero attached hydrogens (tertiary/aromatic N) is 2. The maximum absolute atomic E-state index is 12.7. The van der Waals surface area contributed by atoms with E-state index in [4.69, 9.17) is 11.1 Å². The number of nitrogens with one attached hydrogen (secondary N) is 2. The van der Waals surface area contributed by atoms with Gasteiger partial charge in [0.25, 0.3) is 5.91 Å². The zero-order chi connectivity index (χ0) is 22.1. The maximum atomic E-state index is 12.7. The summed E-state index contributed by atoms with van der Waals surface area (Å²) in [7, 11) is 5.91. The number of aryl methyl sites for hydroxylation is 1. The molecule has 30 heavy (non-hydrogen) atoms. The summed E-state index contributed by atoms with van der Waals surface area (Å²) in [5.74, 6) is 6.32. The molecule has 0 aliphatic rings. The first-order valence-corrected chi connectivity index (χ1v) is 9.96. The smallest absolute Gasteiger partial charge is 0.253 e. The minimum Gasteiger partial charge on any atom is -0.384 e. The van der Waals surface area contributed by atoms with Gasteiger partial charge in [0.1, 0.15) is 5.84 Å². The Morgan fingerprint density at radius 1 is 1.10 bits per heavy atom. The van der Waals surface area contributed by atoms with Crippen LogP contribution in [-0.2, 0) is 0 Å². The predicted octanol–water partition coefficient (Wildman–Crippen LogP) is 2.77. The minimum atomic E-state index is 0.0430. The summed E-state index contributed by atoms with van der Waals surface area (Å²) in [6.45, 7) is 4.13. The Kier molecular flexibility index (Phi) is 8.45. The van der Waals surface area contributed by atoms with Crippen LogP contribution < -0.4 is 11.1 Å². The van der Waals surface area contributed by atoms with E-state index >= 15 is 0 Å². The van der Waals surface area contributed by atoms with Crippen molar-refractivity contribution >= 4 is 17.4 Å². The van der Waals surface area contributed by atoms with Gasteiger partial charge in [0.2, 0.25) is 0 Å². The molecular weight excluding hydrogens is 374 g/mol. The summed E-state index contributed by atoms with van der Waals surface area (Å²) in [6, 6.07) is 13.1. The van der Waals surface area contributed by atoms with Gasteiger partial charge in [-0.3, -0.25) is 10.2 Å². The lowest BCUT2D eigenvalue weighted by Crippen LogP contribution is -2.30. The number of carbonyl (C=O) groups is 1. The largest absolute Gasteiger partial charge is 0.384 e. The summed E-state index contributed by atoms with van der Waals surface area (Å²) < 4.78 is 0. The summed E-state index contributed by atoms with van der Waals surface area (Å²) in [4.78, 5) is 16.6. The number of rotatable bonds is 8. The van der Waals surface area contributed by atoms with Gasteiger partial charge >= 0.3 is 0 Å². The molecule has 0 aliphatic heterocycles. The van der Waals surface area contributed by atoms with E-state index in [1.807, 2.05) is 58.4 Å². The number of carbonyl (C=O) groups excluding carboxylic acids is 1. The van der Waals surface area contributed by atoms with Crippen LogP contribution >= 0.6 is 0 Å². The molecular formula is C24H31N5O. The van der Waals surface area contributed by atoms with Crippen LogP contribution in [0.5, 0.6) is 0 Å². The number of hydrogen-bond donors (Lipinski definition) is 3. The van der Waals surface area contributed by atoms with Gasteiger partial charge in [0.05, 0.1) is 6.54 Å². The molecule has 4 N–H and O–H groups in total. The van der Waals surface area contributed by atoms with E-state index in [1.165, 1.54) is 0 Å². The normalized spacial score (nSPS) is 10.3. The van der Waals surface area contributed by atoms with Crippen molar-refractivity contribution in [2.45, 2.75) is 13.3 Å². The van der Waals surface area contributed by atoms with E-state index in [1.54, 1.807) is 17.0 Å². The van der Waals surface area contributed by atoms with Crippen molar-refractivity contribution in [2.75, 3.05) is 46.1 Å². The first kappa shape index (κ1) is 23.0. The summed E-state index contributed by atoms with van der Waals surface area (Å²) in [5.41, 5.74) is 9.60. The van der Waals surface area contributed by atoms with Crippen LogP contribution in [0.25, 0.3) is 0 Å². The standard InChI is InChI=1S/C24H31N5O/c1-18-17-19(7-5-14-27-21-11-9-20(10-12-21)23(25)26)8-13-22(18)24(30)29(4)16-6-15-28(2)3/h8-13,17,27H,6,14-16H2,1-4H3,(H3,25,26). The van der Waals surface area contributed by atoms with Gasteiger partial charge in [0.15, 0.2) is 0 Å². The lowest BCUT2D eigenvalue weighted by Gasteiger charge is -2.19. The van der Waals surface area contributed by atoms with Crippen LogP contribution in [0.3, 0.4) is 0 Å². The van der Waals surface area contributed by atoms with Crippen LogP contribution in [0.2, 0.25) is 0 Å². The number of amides is 1. The van der Waals surface area contributed by atoms with Crippen molar-refractivity contribution < 1.29 is 4.79 Å². The molecule has 0 unspecified atom stereocenters. The molecule has 6 nitrogen and oxygen atoms in total. The van der Waals surface area contributed by atoms with E-state index in [9.17, 15) is 4.79 Å². The highest BCUT2D eigenvalue weighted by Crippen LogP contribution is 2.13. The molecule has 2 aromatic carbocycles. The zero-order valence-electron chi connectivity index (χ0n) is 18.2. The molecule has 2 rings (SSSR count). The van der Waals surface area contributed by atoms with Crippen molar-refractivity contribution in [3.63, 3.8) is 0 Å². The average Bonchev–Trinajstić information content (AvgIpc) is 2.70. The maximum Gasteiger partial charge on any atom is 0.253 e. The molecule has 0 spiro atoms. The number of amidine groups is 1. The zero-order valence-corrected chi connectivity index (χ0v) is 18.2. The fraction of sp³-hybridized carbons (Fsp3) is 0.333. The van der Waals surface area contributed by atoms with Crippen molar-refractivity contribution in [2.24, 2.45) is 5.73 Å². The Morgan fingerprint density at radius 3 is 2.40 bits per heavy atom. The van der Waals surface area contributed by atoms with E-state index in [-0.39, 0.29) is 11.7 Å². The van der Waals surface area contributed by atoms with Crippen LogP contribution in [0.15, 0.2) is 42.5 Å². The van der Waals surface area contributed by atoms with Crippen molar-refractivity contribution in [1.82, 2.24) is 9.80 Å². The molecule has 158 valence electrons. The monoisotopic (exact) mass is 405 g/mol. The van der Waals surface area contributed by atoms with E-state index in [0.717, 1.165) is 41.9 Å². The molecule has 0 bridgehead atoms. The molecule has 0 aliphatic carbocycles. The van der Waals surface area contributed by atoms with Crippen LogP contribution in [-0.4, -0.2) is 62.3 Å². The third kappa shape index (κ3) is 6.94. The Labute approximate surface area is 179 Å². The van der Waals surface area contributed by atoms with Crippen LogP contribution in [0, 0.1) is 24.2 Å². The molecule has 6 heteroatoms. The second-order valence-electron chi connectivity index (χ2n) is 7.56. The van der Waals surface area contributed by atoms with E-state index in [2.05, 4.69) is 22.1 Å². The third-order valence-corrected chi connectivity index (χ3v) is 4.71.